The van der Waals surface area contributed by atoms with Crippen molar-refractivity contribution in [2.75, 3.05) is 41.0 Å². The van der Waals surface area contributed by atoms with Gasteiger partial charge in [0.05, 0.1) is 34.4 Å². The van der Waals surface area contributed by atoms with Crippen molar-refractivity contribution in [1.82, 2.24) is 0 Å². The van der Waals surface area contributed by atoms with E-state index >= 15 is 0 Å². The molecule has 59 heavy (non-hydrogen) atoms. The number of quaternary nitrogens is 1. The van der Waals surface area contributed by atoms with E-state index in [-0.39, 0.29) is 36.2 Å². The molecule has 0 saturated carbocycles. The van der Waals surface area contributed by atoms with E-state index in [1.807, 2.05) is 21.1 Å². The van der Waals surface area contributed by atoms with Crippen molar-refractivity contribution in [2.45, 2.75) is 231 Å². The summed E-state index contributed by atoms with van der Waals surface area (Å²) in [5.74, 6) is -1.46. The first-order valence-corrected chi connectivity index (χ1v) is 24.5. The second kappa shape index (κ2) is 42.2. The summed E-state index contributed by atoms with van der Waals surface area (Å²) in [7, 11) is 5.54. The Morgan fingerprint density at radius 3 is 1.41 bits per heavy atom. The van der Waals surface area contributed by atoms with Gasteiger partial charge in [-0.15, -0.1) is 0 Å². The summed E-state index contributed by atoms with van der Waals surface area (Å²) in [6.07, 6.45) is 49.0. The Morgan fingerprint density at radius 2 is 0.949 bits per heavy atom. The zero-order valence-corrected chi connectivity index (χ0v) is 39.2. The summed E-state index contributed by atoms with van der Waals surface area (Å²) >= 11 is 0. The number of carbonyl (C=O) groups excluding carboxylic acids is 2. The summed E-state index contributed by atoms with van der Waals surface area (Å²) in [6, 6.07) is -0.613. The number of aliphatic carboxylic acids is 1. The summed E-state index contributed by atoms with van der Waals surface area (Å²) < 4.78 is 17.3. The van der Waals surface area contributed by atoms with Crippen LogP contribution in [0.15, 0.2) is 36.5 Å². The van der Waals surface area contributed by atoms with Crippen LogP contribution in [-0.4, -0.2) is 80.6 Å². The Bertz CT molecular complexity index is 1060. The molecule has 344 valence electrons. The maximum atomic E-state index is 12.7. The first-order chi connectivity index (χ1) is 28.6. The topological polar surface area (TPSA) is 99.1 Å². The standard InChI is InChI=1S/C51H93NO7/c1-6-8-10-12-14-16-18-20-22-23-24-25-26-27-28-30-31-33-35-37-39-41-49(53)58-46-47(45-57-44-43-48(51(55)56)52(3,4)5)59-50(54)42-40-38-36-34-32-29-21-19-17-15-13-11-9-7-2/h8,10,14,16,20,22,47-48H,6-7,9,11-13,15,17-19,21,23-46H2,1-5H3/p+1/b10-8+,16-14+,22-20+. The predicted octanol–water partition coefficient (Wildman–Crippen LogP) is 13.8. The highest BCUT2D eigenvalue weighted by Crippen LogP contribution is 2.16. The zero-order valence-electron chi connectivity index (χ0n) is 39.2. The van der Waals surface area contributed by atoms with E-state index in [1.165, 1.54) is 128 Å². The molecule has 2 atom stereocenters. The molecule has 0 aliphatic rings. The maximum Gasteiger partial charge on any atom is 0.362 e. The molecule has 0 spiro atoms. The lowest BCUT2D eigenvalue weighted by atomic mass is 10.0. The van der Waals surface area contributed by atoms with Gasteiger partial charge in [0.25, 0.3) is 0 Å². The van der Waals surface area contributed by atoms with Gasteiger partial charge in [0.15, 0.2) is 12.1 Å². The number of nitrogens with zero attached hydrogens (tertiary/aromatic N) is 1. The van der Waals surface area contributed by atoms with E-state index in [2.05, 4.69) is 50.3 Å². The van der Waals surface area contributed by atoms with E-state index in [0.717, 1.165) is 57.8 Å². The van der Waals surface area contributed by atoms with Crippen LogP contribution in [0.2, 0.25) is 0 Å². The summed E-state index contributed by atoms with van der Waals surface area (Å²) in [4.78, 5) is 37.1. The fourth-order valence-corrected chi connectivity index (χ4v) is 7.28. The third kappa shape index (κ3) is 40.7. The Hall–Kier alpha value is -2.45. The highest BCUT2D eigenvalue weighted by atomic mass is 16.6. The number of hydrogen-bond donors (Lipinski definition) is 1. The van der Waals surface area contributed by atoms with Crippen LogP contribution in [0.1, 0.15) is 219 Å². The monoisotopic (exact) mass is 833 g/mol. The van der Waals surface area contributed by atoms with Crippen LogP contribution in [0, 0.1) is 0 Å². The Balaban J connectivity index is 4.22. The van der Waals surface area contributed by atoms with Gasteiger partial charge in [-0.3, -0.25) is 9.59 Å². The van der Waals surface area contributed by atoms with Gasteiger partial charge in [-0.1, -0.05) is 192 Å². The largest absolute Gasteiger partial charge is 0.477 e. The smallest absolute Gasteiger partial charge is 0.362 e. The van der Waals surface area contributed by atoms with Crippen LogP contribution < -0.4 is 0 Å². The Kier molecular flexibility index (Phi) is 40.5. The van der Waals surface area contributed by atoms with Gasteiger partial charge in [0.2, 0.25) is 0 Å². The highest BCUT2D eigenvalue weighted by molar-refractivity contribution is 5.72. The molecule has 8 nitrogen and oxygen atoms in total. The molecule has 0 rings (SSSR count). The molecule has 0 aliphatic carbocycles. The van der Waals surface area contributed by atoms with Crippen LogP contribution in [0.25, 0.3) is 0 Å². The van der Waals surface area contributed by atoms with Gasteiger partial charge in [-0.05, 0) is 44.9 Å². The summed E-state index contributed by atoms with van der Waals surface area (Å²) in [6.45, 7) is 4.65. The van der Waals surface area contributed by atoms with Gasteiger partial charge in [-0.2, -0.15) is 0 Å². The number of carboxylic acid groups (broad SMARTS) is 1. The Labute approximate surface area is 364 Å². The number of carboxylic acids is 1. The lowest BCUT2D eigenvalue weighted by molar-refractivity contribution is -0.887. The van der Waals surface area contributed by atoms with E-state index in [4.69, 9.17) is 14.2 Å². The molecule has 1 N–H and O–H groups in total. The summed E-state index contributed by atoms with van der Waals surface area (Å²) in [5.41, 5.74) is 0. The van der Waals surface area contributed by atoms with Crippen molar-refractivity contribution in [2.24, 2.45) is 0 Å². The van der Waals surface area contributed by atoms with Crippen molar-refractivity contribution in [3.05, 3.63) is 36.5 Å². The van der Waals surface area contributed by atoms with Crippen LogP contribution in [0.3, 0.4) is 0 Å². The lowest BCUT2D eigenvalue weighted by Gasteiger charge is -2.31. The molecule has 2 unspecified atom stereocenters. The first kappa shape index (κ1) is 56.5. The van der Waals surface area contributed by atoms with E-state index < -0.39 is 18.1 Å². The van der Waals surface area contributed by atoms with E-state index in [0.29, 0.717) is 19.3 Å². The number of carbonyl (C=O) groups is 3. The number of rotatable bonds is 44. The van der Waals surface area contributed by atoms with Crippen LogP contribution in [-0.2, 0) is 28.6 Å². The molecule has 0 fully saturated rings. The molecule has 0 radical (unpaired) electrons. The third-order valence-electron chi connectivity index (χ3n) is 11.1. The van der Waals surface area contributed by atoms with Gasteiger partial charge >= 0.3 is 17.9 Å². The molecule has 8 heteroatoms. The maximum absolute atomic E-state index is 12.7. The molecule has 0 amide bonds. The summed E-state index contributed by atoms with van der Waals surface area (Å²) in [5, 5.41) is 9.64. The second-order valence-corrected chi connectivity index (χ2v) is 17.7. The molecule has 0 aromatic rings. The fourth-order valence-electron chi connectivity index (χ4n) is 7.28. The molecular weight excluding hydrogens is 739 g/mol. The molecule has 0 aliphatic heterocycles. The van der Waals surface area contributed by atoms with Crippen molar-refractivity contribution >= 4 is 17.9 Å². The fraction of sp³-hybridized carbons (Fsp3) is 0.824. The normalized spacial score (nSPS) is 13.2. The SMILES string of the molecule is CC/C=C/C/C=C/C/C=C/CCCCCCCCCCCCCC(=O)OCC(COCCC(C(=O)O)[N+](C)(C)C)OC(=O)CCCCCCCCCCCCCCCC. The number of ether oxygens (including phenoxy) is 3. The minimum atomic E-state index is -0.873. The molecule has 0 bridgehead atoms. The van der Waals surface area contributed by atoms with Gasteiger partial charge in [0, 0.05) is 19.3 Å². The van der Waals surface area contributed by atoms with E-state index in [9.17, 15) is 19.5 Å². The lowest BCUT2D eigenvalue weighted by Crippen LogP contribution is -2.50. The number of unbranched alkanes of at least 4 members (excludes halogenated alkanes) is 24. The van der Waals surface area contributed by atoms with Crippen molar-refractivity contribution < 1.29 is 38.2 Å². The number of esters is 2. The Morgan fingerprint density at radius 1 is 0.525 bits per heavy atom. The first-order valence-electron chi connectivity index (χ1n) is 24.5. The van der Waals surface area contributed by atoms with Crippen molar-refractivity contribution in [3.63, 3.8) is 0 Å². The van der Waals surface area contributed by atoms with Gasteiger partial charge < -0.3 is 23.8 Å². The average molecular weight is 833 g/mol. The highest BCUT2D eigenvalue weighted by Gasteiger charge is 2.31. The van der Waals surface area contributed by atoms with Gasteiger partial charge in [-0.25, -0.2) is 4.79 Å². The minimum Gasteiger partial charge on any atom is -0.477 e. The quantitative estimate of drug-likeness (QED) is 0.0282. The third-order valence-corrected chi connectivity index (χ3v) is 11.1. The van der Waals surface area contributed by atoms with Crippen molar-refractivity contribution in [3.8, 4) is 0 Å². The number of hydrogen-bond acceptors (Lipinski definition) is 6. The second-order valence-electron chi connectivity index (χ2n) is 17.7. The minimum absolute atomic E-state index is 0.0489. The molecular formula is C51H94NO7+. The molecule has 0 aromatic heterocycles. The average Bonchev–Trinajstić information content (AvgIpc) is 3.19. The molecule has 0 saturated heterocycles. The molecule has 0 heterocycles. The zero-order chi connectivity index (χ0) is 43.5. The van der Waals surface area contributed by atoms with Crippen LogP contribution in [0.4, 0.5) is 0 Å². The van der Waals surface area contributed by atoms with Crippen LogP contribution >= 0.6 is 0 Å². The van der Waals surface area contributed by atoms with E-state index in [1.54, 1.807) is 0 Å². The number of likely N-dealkylation sites (N-methyl/N-ethyl adjacent to an activating group) is 1. The van der Waals surface area contributed by atoms with Crippen LogP contribution in [0.5, 0.6) is 0 Å². The predicted molar refractivity (Wildman–Crippen MR) is 248 cm³/mol. The molecule has 0 aromatic carbocycles. The number of allylic oxidation sites excluding steroid dienone is 6. The van der Waals surface area contributed by atoms with Crippen molar-refractivity contribution in [1.29, 1.82) is 0 Å². The van der Waals surface area contributed by atoms with Gasteiger partial charge in [0.1, 0.15) is 6.61 Å².